The van der Waals surface area contributed by atoms with E-state index in [9.17, 15) is 4.79 Å². The van der Waals surface area contributed by atoms with E-state index in [1.165, 1.54) is 0 Å². The molecular formula is C15H23N3O2. The Balaban J connectivity index is 2.02. The van der Waals surface area contributed by atoms with Crippen LogP contribution in [0, 0.1) is 6.92 Å². The maximum atomic E-state index is 12.3. The van der Waals surface area contributed by atoms with E-state index in [2.05, 4.69) is 10.2 Å². The van der Waals surface area contributed by atoms with Gasteiger partial charge in [-0.1, -0.05) is 0 Å². The highest BCUT2D eigenvalue weighted by molar-refractivity contribution is 5.95. The minimum atomic E-state index is -0.244. The van der Waals surface area contributed by atoms with Crippen LogP contribution in [0.15, 0.2) is 18.2 Å². The summed E-state index contributed by atoms with van der Waals surface area (Å²) >= 11 is 0. The fourth-order valence-electron chi connectivity index (χ4n) is 2.43. The smallest absolute Gasteiger partial charge is 0.241 e. The third kappa shape index (κ3) is 3.49. The summed E-state index contributed by atoms with van der Waals surface area (Å²) in [6.45, 7) is 4.42. The highest BCUT2D eigenvalue weighted by atomic mass is 16.3. The van der Waals surface area contributed by atoms with Gasteiger partial charge in [0.25, 0.3) is 0 Å². The van der Waals surface area contributed by atoms with E-state index < -0.39 is 0 Å². The summed E-state index contributed by atoms with van der Waals surface area (Å²) in [6, 6.07) is 5.64. The minimum absolute atomic E-state index is 0.0433. The maximum absolute atomic E-state index is 12.3. The van der Waals surface area contributed by atoms with Crippen LogP contribution >= 0.6 is 0 Å². The van der Waals surface area contributed by atoms with Crippen molar-refractivity contribution in [3.8, 4) is 0 Å². The zero-order valence-electron chi connectivity index (χ0n) is 12.1. The molecule has 0 bridgehead atoms. The molecule has 5 nitrogen and oxygen atoms in total. The Morgan fingerprint density at radius 1 is 1.55 bits per heavy atom. The second-order valence-corrected chi connectivity index (χ2v) is 5.43. The summed E-state index contributed by atoms with van der Waals surface area (Å²) < 4.78 is 0. The number of hydrogen-bond acceptors (Lipinski definition) is 4. The predicted octanol–water partition coefficient (Wildman–Crippen LogP) is 1.36. The number of rotatable bonds is 6. The second kappa shape index (κ2) is 6.24. The topological polar surface area (TPSA) is 78.6 Å². The highest BCUT2D eigenvalue weighted by Crippen LogP contribution is 2.28. The van der Waals surface area contributed by atoms with Crippen molar-refractivity contribution in [3.63, 3.8) is 0 Å². The number of hydrogen-bond donors (Lipinski definition) is 3. The van der Waals surface area contributed by atoms with Gasteiger partial charge in [-0.25, -0.2) is 0 Å². The van der Waals surface area contributed by atoms with Crippen molar-refractivity contribution < 1.29 is 9.90 Å². The van der Waals surface area contributed by atoms with Crippen LogP contribution < -0.4 is 11.1 Å². The zero-order chi connectivity index (χ0) is 14.7. The van der Waals surface area contributed by atoms with Crippen LogP contribution in [0.2, 0.25) is 0 Å². The molecule has 1 atom stereocenters. The number of aliphatic hydroxyl groups is 1. The molecule has 20 heavy (non-hydrogen) atoms. The lowest BCUT2D eigenvalue weighted by Gasteiger charge is -2.27. The number of nitrogens with two attached hydrogens (primary N) is 1. The van der Waals surface area contributed by atoms with Crippen LogP contribution in [-0.2, 0) is 4.79 Å². The van der Waals surface area contributed by atoms with Gasteiger partial charge in [-0.3, -0.25) is 9.69 Å². The highest BCUT2D eigenvalue weighted by Gasteiger charge is 2.34. The first-order valence-electron chi connectivity index (χ1n) is 7.06. The van der Waals surface area contributed by atoms with Gasteiger partial charge in [0.2, 0.25) is 5.91 Å². The Kier molecular flexibility index (Phi) is 4.62. The fraction of sp³-hybridized carbons (Fsp3) is 0.533. The van der Waals surface area contributed by atoms with Crippen molar-refractivity contribution in [2.45, 2.75) is 38.8 Å². The first kappa shape index (κ1) is 14.8. The largest absolute Gasteiger partial charge is 0.399 e. The summed E-state index contributed by atoms with van der Waals surface area (Å²) in [5.74, 6) is -0.0433. The molecule has 5 heteroatoms. The average molecular weight is 277 g/mol. The van der Waals surface area contributed by atoms with Gasteiger partial charge in [0.05, 0.1) is 12.6 Å². The van der Waals surface area contributed by atoms with Crippen molar-refractivity contribution in [2.24, 2.45) is 0 Å². The normalized spacial score (nSPS) is 16.2. The third-order valence-corrected chi connectivity index (χ3v) is 3.76. The zero-order valence-corrected chi connectivity index (χ0v) is 12.1. The van der Waals surface area contributed by atoms with Gasteiger partial charge < -0.3 is 16.2 Å². The molecule has 1 aromatic rings. The van der Waals surface area contributed by atoms with Gasteiger partial charge in [-0.2, -0.15) is 0 Å². The standard InChI is InChI=1S/C15H23N3O2/c1-10-9-12(16)3-6-14(10)17-15(20)11(2)18(7-8-19)13-4-5-13/h3,6,9,11,13,19H,4-5,7-8,16H2,1-2H3,(H,17,20). The lowest BCUT2D eigenvalue weighted by molar-refractivity contribution is -0.121. The van der Waals surface area contributed by atoms with Gasteiger partial charge >= 0.3 is 0 Å². The Bertz CT molecular complexity index is 486. The quantitative estimate of drug-likeness (QED) is 0.686. The lowest BCUT2D eigenvalue weighted by atomic mass is 10.1. The van der Waals surface area contributed by atoms with E-state index in [1.807, 2.05) is 26.0 Å². The number of amides is 1. The molecule has 0 heterocycles. The van der Waals surface area contributed by atoms with Crippen molar-refractivity contribution in [2.75, 3.05) is 24.2 Å². The number of benzene rings is 1. The lowest BCUT2D eigenvalue weighted by Crippen LogP contribution is -2.44. The van der Waals surface area contributed by atoms with Crippen LogP contribution in [0.25, 0.3) is 0 Å². The number of aliphatic hydroxyl groups excluding tert-OH is 1. The number of anilines is 2. The number of carbonyl (C=O) groups is 1. The molecule has 1 aromatic carbocycles. The van der Waals surface area contributed by atoms with Crippen molar-refractivity contribution in [1.29, 1.82) is 0 Å². The van der Waals surface area contributed by atoms with E-state index in [1.54, 1.807) is 6.07 Å². The summed E-state index contributed by atoms with van der Waals surface area (Å²) in [5.41, 5.74) is 8.13. The average Bonchev–Trinajstić information content (AvgIpc) is 3.22. The fourth-order valence-corrected chi connectivity index (χ4v) is 2.43. The second-order valence-electron chi connectivity index (χ2n) is 5.43. The number of nitrogens with zero attached hydrogens (tertiary/aromatic N) is 1. The summed E-state index contributed by atoms with van der Waals surface area (Å²) in [7, 11) is 0. The van der Waals surface area contributed by atoms with Crippen LogP contribution in [-0.4, -0.2) is 41.1 Å². The van der Waals surface area contributed by atoms with E-state index in [0.717, 1.165) is 24.1 Å². The van der Waals surface area contributed by atoms with Crippen LogP contribution in [0.3, 0.4) is 0 Å². The molecule has 1 amide bonds. The van der Waals surface area contributed by atoms with Crippen molar-refractivity contribution in [1.82, 2.24) is 4.90 Å². The Hall–Kier alpha value is -1.59. The van der Waals surface area contributed by atoms with Gasteiger partial charge in [0, 0.05) is 24.0 Å². The van der Waals surface area contributed by atoms with Crippen LogP contribution in [0.5, 0.6) is 0 Å². The minimum Gasteiger partial charge on any atom is -0.399 e. The molecule has 110 valence electrons. The molecule has 0 aromatic heterocycles. The molecule has 4 N–H and O–H groups in total. The third-order valence-electron chi connectivity index (χ3n) is 3.76. The molecule has 0 spiro atoms. The molecule has 1 aliphatic rings. The first-order chi connectivity index (χ1) is 9.52. The van der Waals surface area contributed by atoms with E-state index in [-0.39, 0.29) is 18.6 Å². The van der Waals surface area contributed by atoms with Gasteiger partial charge in [0.1, 0.15) is 0 Å². The SMILES string of the molecule is Cc1cc(N)ccc1NC(=O)C(C)N(CCO)C1CC1. The van der Waals surface area contributed by atoms with Gasteiger partial charge in [0.15, 0.2) is 0 Å². The Labute approximate surface area is 119 Å². The van der Waals surface area contributed by atoms with Crippen molar-refractivity contribution >= 4 is 17.3 Å². The van der Waals surface area contributed by atoms with E-state index in [0.29, 0.717) is 18.3 Å². The van der Waals surface area contributed by atoms with E-state index in [4.69, 9.17) is 10.8 Å². The molecule has 1 unspecified atom stereocenters. The Morgan fingerprint density at radius 3 is 2.80 bits per heavy atom. The number of nitrogen functional groups attached to an aromatic ring is 1. The summed E-state index contributed by atoms with van der Waals surface area (Å²) in [6.07, 6.45) is 2.22. The molecule has 1 saturated carbocycles. The van der Waals surface area contributed by atoms with Gasteiger partial charge in [-0.05, 0) is 50.5 Å². The van der Waals surface area contributed by atoms with Crippen LogP contribution in [0.1, 0.15) is 25.3 Å². The number of aryl methyl sites for hydroxylation is 1. The molecular weight excluding hydrogens is 254 g/mol. The van der Waals surface area contributed by atoms with Gasteiger partial charge in [-0.15, -0.1) is 0 Å². The molecule has 1 aliphatic carbocycles. The molecule has 2 rings (SSSR count). The summed E-state index contributed by atoms with van der Waals surface area (Å²) in [4.78, 5) is 14.4. The van der Waals surface area contributed by atoms with Crippen molar-refractivity contribution in [3.05, 3.63) is 23.8 Å². The number of carbonyl (C=O) groups excluding carboxylic acids is 1. The van der Waals surface area contributed by atoms with Crippen LogP contribution in [0.4, 0.5) is 11.4 Å². The molecule has 0 radical (unpaired) electrons. The molecule has 1 fully saturated rings. The first-order valence-corrected chi connectivity index (χ1v) is 7.06. The van der Waals surface area contributed by atoms with E-state index >= 15 is 0 Å². The predicted molar refractivity (Wildman–Crippen MR) is 80.5 cm³/mol. The summed E-state index contributed by atoms with van der Waals surface area (Å²) in [5, 5.41) is 12.1. The Morgan fingerprint density at radius 2 is 2.25 bits per heavy atom. The monoisotopic (exact) mass is 277 g/mol. The maximum Gasteiger partial charge on any atom is 0.241 e. The molecule has 0 saturated heterocycles. The molecule has 0 aliphatic heterocycles. The number of nitrogens with one attached hydrogen (secondary N) is 1.